The second-order valence-electron chi connectivity index (χ2n) is 10.5. The number of carbonyl (C=O) groups is 3. The normalized spacial score (nSPS) is 12.4. The summed E-state index contributed by atoms with van der Waals surface area (Å²) in [4.78, 5) is 39.5. The molecule has 10 aliphatic carbocycles. The molecule has 6 aromatic rings. The summed E-state index contributed by atoms with van der Waals surface area (Å²) in [5.41, 5.74) is 9.45. The van der Waals surface area contributed by atoms with Crippen molar-refractivity contribution in [3.63, 3.8) is 0 Å². The zero-order valence-corrected chi connectivity index (χ0v) is 22.6. The van der Waals surface area contributed by atoms with E-state index in [0.29, 0.717) is 33.4 Å². The van der Waals surface area contributed by atoms with Crippen molar-refractivity contribution in [1.29, 1.82) is 0 Å². The molecule has 6 aromatic carbocycles. The fourth-order valence-electron chi connectivity index (χ4n) is 5.38. The third-order valence-electron chi connectivity index (χ3n) is 7.88. The standard InChI is InChI=1S/C39H24O3/c40-37-31-13-1-25(2-14-31)26-3-15-33(16-4-26)38(41)34-19-7-29(8-20-34)30-11-23-36(24-12-30)39(42)35-21-9-28(10-22-35)27-5-17-32(37)18-6-27/h1-24H. The van der Waals surface area contributed by atoms with Crippen molar-refractivity contribution in [2.24, 2.45) is 0 Å². The molecular weight excluding hydrogens is 516 g/mol. The lowest BCUT2D eigenvalue weighted by atomic mass is 9.96. The van der Waals surface area contributed by atoms with Crippen LogP contribution in [0.1, 0.15) is 47.8 Å². The van der Waals surface area contributed by atoms with Crippen LogP contribution in [0.25, 0.3) is 33.4 Å². The summed E-state index contributed by atoms with van der Waals surface area (Å²) in [5.74, 6) is -0.154. The maximum atomic E-state index is 13.2. The van der Waals surface area contributed by atoms with Crippen molar-refractivity contribution in [1.82, 2.24) is 0 Å². The molecular formula is C39H24O3. The Hall–Kier alpha value is -5.67. The minimum atomic E-state index is -0.0515. The monoisotopic (exact) mass is 540 g/mol. The SMILES string of the molecule is O=C1c2ccc(cc2)-c2ccc(cc2)C(=O)c2ccc(cc2)-c2ccc(cc2)C(=O)c2ccc(cc2)-c2ccc1cc2. The van der Waals surface area contributed by atoms with Crippen LogP contribution in [-0.2, 0) is 0 Å². The third kappa shape index (κ3) is 4.67. The molecule has 0 amide bonds. The maximum absolute atomic E-state index is 13.2. The van der Waals surface area contributed by atoms with Crippen LogP contribution in [0.4, 0.5) is 0 Å². The van der Waals surface area contributed by atoms with Crippen LogP contribution >= 0.6 is 0 Å². The first-order chi connectivity index (χ1) is 20.5. The number of rotatable bonds is 0. The maximum Gasteiger partial charge on any atom is 0.193 e. The molecule has 0 aliphatic heterocycles. The number of benzene rings is 6. The Bertz CT molecular complexity index is 1570. The van der Waals surface area contributed by atoms with Crippen LogP contribution in [0.5, 0.6) is 0 Å². The topological polar surface area (TPSA) is 51.2 Å². The smallest absolute Gasteiger partial charge is 0.193 e. The van der Waals surface area contributed by atoms with Gasteiger partial charge in [0.15, 0.2) is 17.3 Å². The number of carbonyl (C=O) groups excluding carboxylic acids is 3. The summed E-state index contributed by atoms with van der Waals surface area (Å²) in [6.45, 7) is 0. The van der Waals surface area contributed by atoms with Crippen LogP contribution in [0.15, 0.2) is 146 Å². The van der Waals surface area contributed by atoms with Gasteiger partial charge in [-0.25, -0.2) is 0 Å². The van der Waals surface area contributed by atoms with Crippen molar-refractivity contribution in [3.8, 4) is 33.4 Å². The number of hydrogen-bond acceptors (Lipinski definition) is 3. The van der Waals surface area contributed by atoms with Crippen molar-refractivity contribution in [3.05, 3.63) is 179 Å². The summed E-state index contributed by atoms with van der Waals surface area (Å²) < 4.78 is 0. The molecule has 198 valence electrons. The van der Waals surface area contributed by atoms with E-state index in [9.17, 15) is 14.4 Å². The predicted octanol–water partition coefficient (Wildman–Crippen LogP) is 8.69. The number of hydrogen-bond donors (Lipinski definition) is 0. The van der Waals surface area contributed by atoms with E-state index in [1.807, 2.05) is 146 Å². The fraction of sp³-hybridized carbons (Fsp3) is 0. The van der Waals surface area contributed by atoms with E-state index >= 15 is 0 Å². The molecule has 3 nitrogen and oxygen atoms in total. The van der Waals surface area contributed by atoms with Gasteiger partial charge >= 0.3 is 0 Å². The van der Waals surface area contributed by atoms with E-state index in [-0.39, 0.29) is 17.3 Å². The van der Waals surface area contributed by atoms with Crippen molar-refractivity contribution < 1.29 is 14.4 Å². The molecule has 10 aliphatic rings. The Morgan fingerprint density at radius 2 is 0.262 bits per heavy atom. The van der Waals surface area contributed by atoms with E-state index in [4.69, 9.17) is 0 Å². The zero-order valence-electron chi connectivity index (χ0n) is 22.6. The summed E-state index contributed by atoms with van der Waals surface area (Å²) >= 11 is 0. The van der Waals surface area contributed by atoms with Gasteiger partial charge in [0.1, 0.15) is 0 Å². The first kappa shape index (κ1) is 25.3. The largest absolute Gasteiger partial charge is 0.289 e. The molecule has 0 heterocycles. The van der Waals surface area contributed by atoms with Gasteiger partial charge in [0, 0.05) is 33.4 Å². The highest BCUT2D eigenvalue weighted by Gasteiger charge is 2.14. The molecule has 12 bridgehead atoms. The Kier molecular flexibility index (Phi) is 6.26. The molecule has 16 rings (SSSR count). The average Bonchev–Trinajstić information content (AvgIpc) is 3.07. The first-order valence-corrected chi connectivity index (χ1v) is 13.8. The molecule has 0 atom stereocenters. The summed E-state index contributed by atoms with van der Waals surface area (Å²) in [7, 11) is 0. The zero-order chi connectivity index (χ0) is 28.6. The van der Waals surface area contributed by atoms with Gasteiger partial charge in [-0.1, -0.05) is 146 Å². The van der Waals surface area contributed by atoms with Gasteiger partial charge in [-0.15, -0.1) is 0 Å². The van der Waals surface area contributed by atoms with Gasteiger partial charge in [-0.05, 0) is 33.4 Å². The molecule has 0 fully saturated rings. The molecule has 0 N–H and O–H groups in total. The highest BCUT2D eigenvalue weighted by molar-refractivity contribution is 6.11. The molecule has 0 unspecified atom stereocenters. The third-order valence-corrected chi connectivity index (χ3v) is 7.88. The van der Waals surface area contributed by atoms with Crippen molar-refractivity contribution in [2.75, 3.05) is 0 Å². The highest BCUT2D eigenvalue weighted by atomic mass is 16.1. The Morgan fingerprint density at radius 3 is 0.381 bits per heavy atom. The van der Waals surface area contributed by atoms with Crippen LogP contribution in [0.3, 0.4) is 0 Å². The Labute approximate surface area is 243 Å². The summed E-state index contributed by atoms with van der Waals surface area (Å²) in [6.07, 6.45) is 0. The van der Waals surface area contributed by atoms with E-state index in [2.05, 4.69) is 0 Å². The summed E-state index contributed by atoms with van der Waals surface area (Å²) in [5, 5.41) is 0. The molecule has 3 heteroatoms. The highest BCUT2D eigenvalue weighted by Crippen LogP contribution is 2.27. The van der Waals surface area contributed by atoms with E-state index in [0.717, 1.165) is 33.4 Å². The Morgan fingerprint density at radius 1 is 0.167 bits per heavy atom. The molecule has 0 spiro atoms. The quantitative estimate of drug-likeness (QED) is 0.193. The van der Waals surface area contributed by atoms with Crippen LogP contribution < -0.4 is 0 Å². The van der Waals surface area contributed by atoms with Gasteiger partial charge in [-0.2, -0.15) is 0 Å². The van der Waals surface area contributed by atoms with Crippen LogP contribution in [0.2, 0.25) is 0 Å². The van der Waals surface area contributed by atoms with Crippen molar-refractivity contribution in [2.45, 2.75) is 0 Å². The van der Waals surface area contributed by atoms with Crippen molar-refractivity contribution >= 4 is 17.3 Å². The fourth-order valence-corrected chi connectivity index (χ4v) is 5.38. The number of ketones is 3. The molecule has 0 saturated heterocycles. The van der Waals surface area contributed by atoms with E-state index in [1.54, 1.807) is 0 Å². The summed E-state index contributed by atoms with van der Waals surface area (Å²) in [6, 6.07) is 45.2. The molecule has 0 aromatic heterocycles. The minimum Gasteiger partial charge on any atom is -0.289 e. The minimum absolute atomic E-state index is 0.0515. The van der Waals surface area contributed by atoms with E-state index in [1.165, 1.54) is 0 Å². The second kappa shape index (κ2) is 10.4. The van der Waals surface area contributed by atoms with E-state index < -0.39 is 0 Å². The van der Waals surface area contributed by atoms with Gasteiger partial charge in [0.25, 0.3) is 0 Å². The van der Waals surface area contributed by atoms with Crippen LogP contribution in [0, 0.1) is 0 Å². The lowest BCUT2D eigenvalue weighted by Gasteiger charge is -2.07. The van der Waals surface area contributed by atoms with Crippen LogP contribution in [-0.4, -0.2) is 17.3 Å². The predicted molar refractivity (Wildman–Crippen MR) is 166 cm³/mol. The lowest BCUT2D eigenvalue weighted by molar-refractivity contribution is 0.103. The molecule has 0 saturated carbocycles. The average molecular weight is 541 g/mol. The van der Waals surface area contributed by atoms with Gasteiger partial charge in [-0.3, -0.25) is 14.4 Å². The van der Waals surface area contributed by atoms with Gasteiger partial charge in [0.05, 0.1) is 0 Å². The Balaban J connectivity index is 1.29. The van der Waals surface area contributed by atoms with Gasteiger partial charge < -0.3 is 0 Å². The second-order valence-corrected chi connectivity index (χ2v) is 10.5. The first-order valence-electron chi connectivity index (χ1n) is 13.8. The lowest BCUT2D eigenvalue weighted by Crippen LogP contribution is -2.01. The molecule has 42 heavy (non-hydrogen) atoms. The van der Waals surface area contributed by atoms with Gasteiger partial charge in [0.2, 0.25) is 0 Å². The molecule has 0 radical (unpaired) electrons.